The van der Waals surface area contributed by atoms with Crippen molar-refractivity contribution in [1.29, 1.82) is 0 Å². The van der Waals surface area contributed by atoms with Crippen molar-refractivity contribution in [2.75, 3.05) is 5.75 Å². The van der Waals surface area contributed by atoms with E-state index in [1.54, 1.807) is 18.7 Å². The van der Waals surface area contributed by atoms with E-state index < -0.39 is 6.10 Å². The Bertz CT molecular complexity index is 416. The summed E-state index contributed by atoms with van der Waals surface area (Å²) in [5, 5.41) is 12.5. The third-order valence-electron chi connectivity index (χ3n) is 2.88. The summed E-state index contributed by atoms with van der Waals surface area (Å²) in [7, 11) is 0. The Morgan fingerprint density at radius 1 is 1.56 bits per heavy atom. The third kappa shape index (κ3) is 4.35. The molecule has 1 aromatic rings. The molecule has 18 heavy (non-hydrogen) atoms. The molecule has 1 fully saturated rings. The van der Waals surface area contributed by atoms with E-state index in [2.05, 4.69) is 5.32 Å². The van der Waals surface area contributed by atoms with Gasteiger partial charge in [-0.25, -0.2) is 0 Å². The number of carbonyl (C=O) groups excluding carboxylic acids is 1. The summed E-state index contributed by atoms with van der Waals surface area (Å²) in [6, 6.07) is 8.29. The Hall–Kier alpha value is -1.00. The lowest BCUT2D eigenvalue weighted by molar-refractivity contribution is -0.120. The van der Waals surface area contributed by atoms with Crippen molar-refractivity contribution in [3.8, 4) is 0 Å². The van der Waals surface area contributed by atoms with Gasteiger partial charge in [0, 0.05) is 23.1 Å². The Labute approximate surface area is 112 Å². The van der Waals surface area contributed by atoms with Crippen molar-refractivity contribution in [1.82, 2.24) is 5.32 Å². The van der Waals surface area contributed by atoms with Gasteiger partial charge in [0.25, 0.3) is 0 Å². The molecule has 0 heterocycles. The monoisotopic (exact) mass is 265 g/mol. The van der Waals surface area contributed by atoms with Crippen molar-refractivity contribution < 1.29 is 9.90 Å². The van der Waals surface area contributed by atoms with Gasteiger partial charge in [-0.2, -0.15) is 0 Å². The molecule has 1 saturated carbocycles. The van der Waals surface area contributed by atoms with Gasteiger partial charge in [-0.3, -0.25) is 4.79 Å². The van der Waals surface area contributed by atoms with Gasteiger partial charge in [0.2, 0.25) is 5.91 Å². The van der Waals surface area contributed by atoms with Crippen LogP contribution in [-0.2, 0) is 4.79 Å². The number of carbonyl (C=O) groups is 1. The van der Waals surface area contributed by atoms with E-state index in [4.69, 9.17) is 0 Å². The Morgan fingerprint density at radius 2 is 2.33 bits per heavy atom. The summed E-state index contributed by atoms with van der Waals surface area (Å²) < 4.78 is 0. The Balaban J connectivity index is 1.75. The number of thioether (sulfide) groups is 1. The Kier molecular flexibility index (Phi) is 4.66. The number of hydrogen-bond donors (Lipinski definition) is 2. The van der Waals surface area contributed by atoms with Gasteiger partial charge in [-0.15, -0.1) is 11.8 Å². The summed E-state index contributed by atoms with van der Waals surface area (Å²) in [6.45, 7) is 1.76. The van der Waals surface area contributed by atoms with Gasteiger partial charge < -0.3 is 10.4 Å². The molecule has 0 saturated heterocycles. The van der Waals surface area contributed by atoms with Crippen molar-refractivity contribution in [2.45, 2.75) is 43.2 Å². The van der Waals surface area contributed by atoms with Gasteiger partial charge in [-0.1, -0.05) is 12.1 Å². The van der Waals surface area contributed by atoms with Crippen LogP contribution in [0.25, 0.3) is 0 Å². The maximum absolute atomic E-state index is 11.5. The number of hydrogen-bond acceptors (Lipinski definition) is 3. The molecule has 98 valence electrons. The predicted octanol–water partition coefficient (Wildman–Crippen LogP) is 2.50. The molecule has 0 aliphatic heterocycles. The molecule has 4 heteroatoms. The van der Waals surface area contributed by atoms with Gasteiger partial charge >= 0.3 is 0 Å². The summed E-state index contributed by atoms with van der Waals surface area (Å²) in [5.41, 5.74) is 0.919. The third-order valence-corrected chi connectivity index (χ3v) is 3.88. The van der Waals surface area contributed by atoms with Crippen LogP contribution in [-0.4, -0.2) is 22.8 Å². The summed E-state index contributed by atoms with van der Waals surface area (Å²) in [5.74, 6) is 0.929. The van der Waals surface area contributed by atoms with E-state index in [0.29, 0.717) is 12.5 Å². The zero-order valence-corrected chi connectivity index (χ0v) is 11.4. The molecule has 0 spiro atoms. The highest BCUT2D eigenvalue weighted by Gasteiger charge is 2.22. The zero-order valence-electron chi connectivity index (χ0n) is 10.6. The van der Waals surface area contributed by atoms with Crippen molar-refractivity contribution in [3.05, 3.63) is 29.8 Å². The molecule has 1 atom stereocenters. The van der Waals surface area contributed by atoms with Gasteiger partial charge in [0.1, 0.15) is 0 Å². The molecule has 0 bridgehead atoms. The number of benzene rings is 1. The maximum atomic E-state index is 11.5. The van der Waals surface area contributed by atoms with Crippen LogP contribution in [0, 0.1) is 0 Å². The topological polar surface area (TPSA) is 49.3 Å². The van der Waals surface area contributed by atoms with Crippen LogP contribution >= 0.6 is 11.8 Å². The molecule has 2 N–H and O–H groups in total. The molecule has 0 aromatic heterocycles. The molecule has 0 radical (unpaired) electrons. The lowest BCUT2D eigenvalue weighted by Gasteiger charge is -2.07. The number of amides is 1. The lowest BCUT2D eigenvalue weighted by atomic mass is 10.1. The lowest BCUT2D eigenvalue weighted by Crippen LogP contribution is -2.25. The SMILES string of the molecule is CC(O)c1cccc(SCCC(=O)NC2CC2)c1. The molecular formula is C14H19NO2S. The standard InChI is InChI=1S/C14H19NO2S/c1-10(16)11-3-2-4-13(9-11)18-8-7-14(17)15-12-5-6-12/h2-4,9-10,12,16H,5-8H2,1H3,(H,15,17). The summed E-state index contributed by atoms with van der Waals surface area (Å²) in [6.07, 6.45) is 2.38. The van der Waals surface area contributed by atoms with Gasteiger partial charge in [0.05, 0.1) is 6.10 Å². The van der Waals surface area contributed by atoms with E-state index in [9.17, 15) is 9.90 Å². The minimum absolute atomic E-state index is 0.150. The zero-order chi connectivity index (χ0) is 13.0. The van der Waals surface area contributed by atoms with Crippen LogP contribution < -0.4 is 5.32 Å². The molecule has 1 amide bonds. The molecular weight excluding hydrogens is 246 g/mol. The van der Waals surface area contributed by atoms with E-state index in [1.807, 2.05) is 24.3 Å². The molecule has 1 unspecified atom stereocenters. The van der Waals surface area contributed by atoms with Crippen LogP contribution in [0.1, 0.15) is 37.9 Å². The first-order valence-electron chi connectivity index (χ1n) is 6.35. The Morgan fingerprint density at radius 3 is 3.00 bits per heavy atom. The largest absolute Gasteiger partial charge is 0.389 e. The first kappa shape index (κ1) is 13.4. The van der Waals surface area contributed by atoms with Crippen molar-refractivity contribution >= 4 is 17.7 Å². The fourth-order valence-electron chi connectivity index (χ4n) is 1.65. The second-order valence-electron chi connectivity index (χ2n) is 4.69. The molecule has 2 rings (SSSR count). The first-order valence-corrected chi connectivity index (χ1v) is 7.34. The molecule has 1 aliphatic carbocycles. The minimum atomic E-state index is -0.441. The second kappa shape index (κ2) is 6.25. The first-order chi connectivity index (χ1) is 8.65. The van der Waals surface area contributed by atoms with Crippen LogP contribution in [0.15, 0.2) is 29.2 Å². The number of aliphatic hydroxyl groups excluding tert-OH is 1. The summed E-state index contributed by atoms with van der Waals surface area (Å²) >= 11 is 1.66. The van der Waals surface area contributed by atoms with Crippen LogP contribution in [0.4, 0.5) is 0 Å². The van der Waals surface area contributed by atoms with E-state index in [0.717, 1.165) is 29.1 Å². The smallest absolute Gasteiger partial charge is 0.221 e. The normalized spacial score (nSPS) is 16.3. The van der Waals surface area contributed by atoms with E-state index in [1.165, 1.54) is 0 Å². The minimum Gasteiger partial charge on any atom is -0.389 e. The number of rotatable bonds is 6. The van der Waals surface area contributed by atoms with E-state index in [-0.39, 0.29) is 5.91 Å². The van der Waals surface area contributed by atoms with Crippen LogP contribution in [0.5, 0.6) is 0 Å². The molecule has 1 aliphatic rings. The molecule has 3 nitrogen and oxygen atoms in total. The predicted molar refractivity (Wildman–Crippen MR) is 73.6 cm³/mol. The summed E-state index contributed by atoms with van der Waals surface area (Å²) in [4.78, 5) is 12.6. The van der Waals surface area contributed by atoms with Crippen molar-refractivity contribution in [3.63, 3.8) is 0 Å². The quantitative estimate of drug-likeness (QED) is 0.777. The number of aliphatic hydroxyl groups is 1. The van der Waals surface area contributed by atoms with Crippen molar-refractivity contribution in [2.24, 2.45) is 0 Å². The average Bonchev–Trinajstić information content (AvgIpc) is 3.13. The maximum Gasteiger partial charge on any atom is 0.221 e. The van der Waals surface area contributed by atoms with Gasteiger partial charge in [0.15, 0.2) is 0 Å². The second-order valence-corrected chi connectivity index (χ2v) is 5.86. The van der Waals surface area contributed by atoms with Crippen LogP contribution in [0.3, 0.4) is 0 Å². The fourth-order valence-corrected chi connectivity index (χ4v) is 2.57. The van der Waals surface area contributed by atoms with E-state index >= 15 is 0 Å². The number of nitrogens with one attached hydrogen (secondary N) is 1. The fraction of sp³-hybridized carbons (Fsp3) is 0.500. The molecule has 1 aromatic carbocycles. The highest BCUT2D eigenvalue weighted by atomic mass is 32.2. The highest BCUT2D eigenvalue weighted by Crippen LogP contribution is 2.23. The highest BCUT2D eigenvalue weighted by molar-refractivity contribution is 7.99. The average molecular weight is 265 g/mol. The van der Waals surface area contributed by atoms with Crippen LogP contribution in [0.2, 0.25) is 0 Å². The van der Waals surface area contributed by atoms with Gasteiger partial charge in [-0.05, 0) is 37.5 Å².